The Labute approximate surface area is 116 Å². The molecule has 0 bridgehead atoms. The van der Waals surface area contributed by atoms with Crippen molar-refractivity contribution in [2.45, 2.75) is 6.42 Å². The number of carbonyl (C=O) groups is 1. The highest BCUT2D eigenvalue weighted by Crippen LogP contribution is 2.22. The molecule has 1 aromatic carbocycles. The zero-order valence-electron chi connectivity index (χ0n) is 10.6. The number of anilines is 1. The molecule has 1 heterocycles. The SMILES string of the molecule is Cn1ccnc1CCNC(=O)c1cccc(N)c1Cl. The highest BCUT2D eigenvalue weighted by molar-refractivity contribution is 6.36. The normalized spacial score (nSPS) is 10.4. The number of hydrogen-bond acceptors (Lipinski definition) is 3. The number of rotatable bonds is 4. The van der Waals surface area contributed by atoms with E-state index in [-0.39, 0.29) is 10.9 Å². The van der Waals surface area contributed by atoms with Crippen LogP contribution < -0.4 is 11.1 Å². The molecule has 0 aliphatic rings. The van der Waals surface area contributed by atoms with Gasteiger partial charge in [0.15, 0.2) is 0 Å². The second-order valence-corrected chi connectivity index (χ2v) is 4.55. The lowest BCUT2D eigenvalue weighted by Crippen LogP contribution is -2.26. The lowest BCUT2D eigenvalue weighted by atomic mass is 10.2. The van der Waals surface area contributed by atoms with Gasteiger partial charge in [-0.25, -0.2) is 4.98 Å². The van der Waals surface area contributed by atoms with E-state index in [0.717, 1.165) is 5.82 Å². The molecule has 0 saturated carbocycles. The van der Waals surface area contributed by atoms with Gasteiger partial charge in [0, 0.05) is 32.4 Å². The van der Waals surface area contributed by atoms with Crippen LogP contribution in [0, 0.1) is 0 Å². The van der Waals surface area contributed by atoms with Gasteiger partial charge in [-0.1, -0.05) is 17.7 Å². The molecule has 3 N–H and O–H groups in total. The molecule has 100 valence electrons. The molecular weight excluding hydrogens is 264 g/mol. The smallest absolute Gasteiger partial charge is 0.252 e. The second-order valence-electron chi connectivity index (χ2n) is 4.17. The van der Waals surface area contributed by atoms with Crippen LogP contribution in [0.15, 0.2) is 30.6 Å². The molecule has 0 aliphatic heterocycles. The Morgan fingerprint density at radius 1 is 1.53 bits per heavy atom. The van der Waals surface area contributed by atoms with E-state index in [2.05, 4.69) is 10.3 Å². The number of nitrogen functional groups attached to an aromatic ring is 1. The van der Waals surface area contributed by atoms with Crippen molar-refractivity contribution in [1.29, 1.82) is 0 Å². The molecular formula is C13H15ClN4O. The van der Waals surface area contributed by atoms with Crippen LogP contribution in [0.1, 0.15) is 16.2 Å². The number of amides is 1. The first-order valence-electron chi connectivity index (χ1n) is 5.88. The van der Waals surface area contributed by atoms with Crippen LogP contribution in [-0.4, -0.2) is 22.0 Å². The number of aryl methyl sites for hydroxylation is 1. The molecule has 1 amide bonds. The molecule has 0 fully saturated rings. The van der Waals surface area contributed by atoms with Crippen LogP contribution in [-0.2, 0) is 13.5 Å². The maximum atomic E-state index is 12.0. The molecule has 19 heavy (non-hydrogen) atoms. The summed E-state index contributed by atoms with van der Waals surface area (Å²) in [6, 6.07) is 5.01. The van der Waals surface area contributed by atoms with Crippen molar-refractivity contribution >= 4 is 23.2 Å². The number of aromatic nitrogens is 2. The first-order chi connectivity index (χ1) is 9.09. The molecule has 0 atom stereocenters. The van der Waals surface area contributed by atoms with Crippen LogP contribution in [0.2, 0.25) is 5.02 Å². The van der Waals surface area contributed by atoms with Crippen molar-refractivity contribution in [2.24, 2.45) is 7.05 Å². The zero-order valence-corrected chi connectivity index (χ0v) is 11.3. The Morgan fingerprint density at radius 3 is 3.00 bits per heavy atom. The highest BCUT2D eigenvalue weighted by Gasteiger charge is 2.11. The molecule has 2 rings (SSSR count). The predicted octanol–water partition coefficient (Wildman–Crippen LogP) is 1.63. The van der Waals surface area contributed by atoms with E-state index in [9.17, 15) is 4.79 Å². The first kappa shape index (κ1) is 13.4. The Morgan fingerprint density at radius 2 is 2.32 bits per heavy atom. The molecule has 1 aromatic heterocycles. The number of nitrogens with zero attached hydrogens (tertiary/aromatic N) is 2. The van der Waals surface area contributed by atoms with Crippen molar-refractivity contribution in [1.82, 2.24) is 14.9 Å². The van der Waals surface area contributed by atoms with Crippen LogP contribution in [0.4, 0.5) is 5.69 Å². The minimum absolute atomic E-state index is 0.230. The van der Waals surface area contributed by atoms with Crippen LogP contribution in [0.5, 0.6) is 0 Å². The standard InChI is InChI=1S/C13H15ClN4O/c1-18-8-7-16-11(18)5-6-17-13(19)9-3-2-4-10(15)12(9)14/h2-4,7-8H,5-6,15H2,1H3,(H,17,19). The van der Waals surface area contributed by atoms with E-state index in [1.54, 1.807) is 24.4 Å². The zero-order chi connectivity index (χ0) is 13.8. The summed E-state index contributed by atoms with van der Waals surface area (Å²) in [7, 11) is 1.92. The maximum Gasteiger partial charge on any atom is 0.252 e. The Hall–Kier alpha value is -2.01. The molecule has 0 saturated heterocycles. The maximum absolute atomic E-state index is 12.0. The molecule has 6 heteroatoms. The van der Waals surface area contributed by atoms with E-state index < -0.39 is 0 Å². The second kappa shape index (κ2) is 5.75. The fraction of sp³-hybridized carbons (Fsp3) is 0.231. The summed E-state index contributed by atoms with van der Waals surface area (Å²) >= 11 is 5.99. The summed E-state index contributed by atoms with van der Waals surface area (Å²) in [5, 5.41) is 3.09. The van der Waals surface area contributed by atoms with E-state index in [4.69, 9.17) is 17.3 Å². The molecule has 0 spiro atoms. The molecule has 0 radical (unpaired) electrons. The topological polar surface area (TPSA) is 72.9 Å². The van der Waals surface area contributed by atoms with Gasteiger partial charge in [0.05, 0.1) is 16.3 Å². The predicted molar refractivity (Wildman–Crippen MR) is 75.1 cm³/mol. The Bertz CT molecular complexity index is 594. The first-order valence-corrected chi connectivity index (χ1v) is 6.26. The number of nitrogens with two attached hydrogens (primary N) is 1. The molecule has 0 unspecified atom stereocenters. The number of hydrogen-bond donors (Lipinski definition) is 2. The van der Waals surface area contributed by atoms with Crippen LogP contribution >= 0.6 is 11.6 Å². The highest BCUT2D eigenvalue weighted by atomic mass is 35.5. The van der Waals surface area contributed by atoms with Gasteiger partial charge in [0.25, 0.3) is 5.91 Å². The minimum Gasteiger partial charge on any atom is -0.398 e. The Kier molecular flexibility index (Phi) is 4.06. The molecule has 5 nitrogen and oxygen atoms in total. The van der Waals surface area contributed by atoms with Gasteiger partial charge in [-0.2, -0.15) is 0 Å². The van der Waals surface area contributed by atoms with Crippen molar-refractivity contribution in [3.8, 4) is 0 Å². The Balaban J connectivity index is 1.95. The molecule has 0 aliphatic carbocycles. The fourth-order valence-electron chi connectivity index (χ4n) is 1.75. The number of nitrogens with one attached hydrogen (secondary N) is 1. The monoisotopic (exact) mass is 278 g/mol. The van der Waals surface area contributed by atoms with Crippen molar-refractivity contribution < 1.29 is 4.79 Å². The summed E-state index contributed by atoms with van der Waals surface area (Å²) < 4.78 is 1.92. The average Bonchev–Trinajstić information content (AvgIpc) is 2.78. The van der Waals surface area contributed by atoms with Crippen LogP contribution in [0.3, 0.4) is 0 Å². The number of halogens is 1. The van der Waals surface area contributed by atoms with Gasteiger partial charge >= 0.3 is 0 Å². The summed E-state index contributed by atoms with van der Waals surface area (Å²) in [5.41, 5.74) is 6.45. The number of carbonyl (C=O) groups excluding carboxylic acids is 1. The molecule has 2 aromatic rings. The third-order valence-corrected chi connectivity index (χ3v) is 3.25. The van der Waals surface area contributed by atoms with Crippen molar-refractivity contribution in [2.75, 3.05) is 12.3 Å². The fourth-order valence-corrected chi connectivity index (χ4v) is 1.96. The van der Waals surface area contributed by atoms with Gasteiger partial charge in [0.2, 0.25) is 0 Å². The van der Waals surface area contributed by atoms with E-state index in [1.165, 1.54) is 0 Å². The van der Waals surface area contributed by atoms with E-state index in [1.807, 2.05) is 17.8 Å². The quantitative estimate of drug-likeness (QED) is 0.835. The average molecular weight is 279 g/mol. The van der Waals surface area contributed by atoms with Gasteiger partial charge in [-0.15, -0.1) is 0 Å². The number of benzene rings is 1. The summed E-state index contributed by atoms with van der Waals surface area (Å²) in [6.45, 7) is 0.495. The lowest BCUT2D eigenvalue weighted by molar-refractivity contribution is 0.0954. The lowest BCUT2D eigenvalue weighted by Gasteiger charge is -2.08. The van der Waals surface area contributed by atoms with Gasteiger partial charge in [-0.3, -0.25) is 4.79 Å². The van der Waals surface area contributed by atoms with E-state index in [0.29, 0.717) is 24.2 Å². The van der Waals surface area contributed by atoms with Gasteiger partial charge in [0.1, 0.15) is 5.82 Å². The van der Waals surface area contributed by atoms with Gasteiger partial charge < -0.3 is 15.6 Å². The van der Waals surface area contributed by atoms with Crippen molar-refractivity contribution in [3.63, 3.8) is 0 Å². The van der Waals surface area contributed by atoms with E-state index >= 15 is 0 Å². The third-order valence-electron chi connectivity index (χ3n) is 2.83. The number of imidazole rings is 1. The summed E-state index contributed by atoms with van der Waals surface area (Å²) in [5.74, 6) is 0.686. The van der Waals surface area contributed by atoms with Gasteiger partial charge in [-0.05, 0) is 12.1 Å². The summed E-state index contributed by atoms with van der Waals surface area (Å²) in [6.07, 6.45) is 4.26. The minimum atomic E-state index is -0.230. The third kappa shape index (κ3) is 3.06. The summed E-state index contributed by atoms with van der Waals surface area (Å²) in [4.78, 5) is 16.1. The van der Waals surface area contributed by atoms with Crippen molar-refractivity contribution in [3.05, 3.63) is 47.0 Å². The largest absolute Gasteiger partial charge is 0.398 e. The van der Waals surface area contributed by atoms with Crippen LogP contribution in [0.25, 0.3) is 0 Å².